The van der Waals surface area contributed by atoms with Crippen LogP contribution in [-0.4, -0.2) is 31.1 Å². The third-order valence-electron chi connectivity index (χ3n) is 4.84. The molecule has 1 aromatic rings. The van der Waals surface area contributed by atoms with Crippen molar-refractivity contribution in [1.82, 2.24) is 10.2 Å². The molecule has 0 saturated carbocycles. The first-order valence-electron chi connectivity index (χ1n) is 7.89. The monoisotopic (exact) mass is 258 g/mol. The summed E-state index contributed by atoms with van der Waals surface area (Å²) in [6.07, 6.45) is 5.63. The van der Waals surface area contributed by atoms with Gasteiger partial charge in [0.05, 0.1) is 0 Å². The van der Waals surface area contributed by atoms with Crippen LogP contribution in [0.15, 0.2) is 30.3 Å². The van der Waals surface area contributed by atoms with Gasteiger partial charge in [-0.1, -0.05) is 30.3 Å². The van der Waals surface area contributed by atoms with E-state index in [0.717, 1.165) is 18.4 Å². The van der Waals surface area contributed by atoms with E-state index in [9.17, 15) is 0 Å². The molecule has 0 aromatic heterocycles. The number of likely N-dealkylation sites (tertiary alicyclic amines) is 1. The Hall–Kier alpha value is -0.860. The number of hydrogen-bond donors (Lipinski definition) is 1. The molecule has 3 rings (SSSR count). The number of benzene rings is 1. The van der Waals surface area contributed by atoms with E-state index in [1.807, 2.05) is 0 Å². The second kappa shape index (κ2) is 6.53. The van der Waals surface area contributed by atoms with Crippen LogP contribution < -0.4 is 5.32 Å². The van der Waals surface area contributed by atoms with Gasteiger partial charge >= 0.3 is 0 Å². The Balaban J connectivity index is 1.55. The van der Waals surface area contributed by atoms with Gasteiger partial charge in [-0.05, 0) is 62.7 Å². The zero-order valence-electron chi connectivity index (χ0n) is 11.9. The van der Waals surface area contributed by atoms with Crippen molar-refractivity contribution in [3.05, 3.63) is 35.9 Å². The first-order valence-corrected chi connectivity index (χ1v) is 7.89. The zero-order chi connectivity index (χ0) is 12.9. The van der Waals surface area contributed by atoms with E-state index in [0.29, 0.717) is 0 Å². The maximum atomic E-state index is 3.49. The van der Waals surface area contributed by atoms with E-state index in [1.54, 1.807) is 0 Å². The van der Waals surface area contributed by atoms with Crippen LogP contribution in [0.2, 0.25) is 0 Å². The van der Waals surface area contributed by atoms with Gasteiger partial charge in [-0.3, -0.25) is 4.90 Å². The fraction of sp³-hybridized carbons (Fsp3) is 0.647. The van der Waals surface area contributed by atoms with E-state index in [1.165, 1.54) is 57.4 Å². The van der Waals surface area contributed by atoms with Crippen molar-refractivity contribution in [2.45, 2.75) is 32.2 Å². The van der Waals surface area contributed by atoms with Crippen LogP contribution in [0.3, 0.4) is 0 Å². The van der Waals surface area contributed by atoms with E-state index >= 15 is 0 Å². The van der Waals surface area contributed by atoms with Gasteiger partial charge in [-0.25, -0.2) is 0 Å². The second-order valence-corrected chi connectivity index (χ2v) is 6.21. The van der Waals surface area contributed by atoms with Gasteiger partial charge in [0.15, 0.2) is 0 Å². The molecule has 1 unspecified atom stereocenters. The van der Waals surface area contributed by atoms with Crippen LogP contribution in [0, 0.1) is 11.8 Å². The SMILES string of the molecule is c1ccc(CN2CCCC(C3CCNCC3)C2)cc1. The standard InChI is InChI=1S/C17H26N2/c1-2-5-15(6-3-1)13-19-12-4-7-17(14-19)16-8-10-18-11-9-16/h1-3,5-6,16-18H,4,7-14H2. The van der Waals surface area contributed by atoms with E-state index in [4.69, 9.17) is 0 Å². The van der Waals surface area contributed by atoms with Crippen LogP contribution in [0.5, 0.6) is 0 Å². The smallest absolute Gasteiger partial charge is 0.0233 e. The fourth-order valence-electron chi connectivity index (χ4n) is 3.78. The molecular weight excluding hydrogens is 232 g/mol. The van der Waals surface area contributed by atoms with Gasteiger partial charge in [0.1, 0.15) is 0 Å². The van der Waals surface area contributed by atoms with Crippen LogP contribution >= 0.6 is 0 Å². The second-order valence-electron chi connectivity index (χ2n) is 6.21. The molecule has 2 heteroatoms. The summed E-state index contributed by atoms with van der Waals surface area (Å²) in [6, 6.07) is 10.9. The van der Waals surface area contributed by atoms with Crippen molar-refractivity contribution in [3.63, 3.8) is 0 Å². The van der Waals surface area contributed by atoms with Gasteiger partial charge in [0.25, 0.3) is 0 Å². The zero-order valence-corrected chi connectivity index (χ0v) is 11.9. The number of rotatable bonds is 3. The molecule has 0 aliphatic carbocycles. The topological polar surface area (TPSA) is 15.3 Å². The van der Waals surface area contributed by atoms with Crippen molar-refractivity contribution >= 4 is 0 Å². The quantitative estimate of drug-likeness (QED) is 0.897. The Morgan fingerprint density at radius 1 is 1.00 bits per heavy atom. The van der Waals surface area contributed by atoms with E-state index in [2.05, 4.69) is 40.5 Å². The first-order chi connectivity index (χ1) is 9.42. The van der Waals surface area contributed by atoms with Crippen molar-refractivity contribution in [2.75, 3.05) is 26.2 Å². The summed E-state index contributed by atoms with van der Waals surface area (Å²) >= 11 is 0. The number of piperidine rings is 2. The maximum absolute atomic E-state index is 3.49. The predicted octanol–water partition coefficient (Wildman–Crippen LogP) is 2.90. The lowest BCUT2D eigenvalue weighted by Gasteiger charge is -2.38. The molecule has 2 saturated heterocycles. The molecule has 2 heterocycles. The van der Waals surface area contributed by atoms with Gasteiger partial charge in [-0.15, -0.1) is 0 Å². The van der Waals surface area contributed by atoms with Crippen molar-refractivity contribution in [1.29, 1.82) is 0 Å². The molecule has 1 aromatic carbocycles. The highest BCUT2D eigenvalue weighted by Gasteiger charge is 2.27. The number of nitrogens with one attached hydrogen (secondary N) is 1. The first kappa shape index (κ1) is 13.1. The van der Waals surface area contributed by atoms with Gasteiger partial charge in [0.2, 0.25) is 0 Å². The van der Waals surface area contributed by atoms with Gasteiger partial charge in [-0.2, -0.15) is 0 Å². The molecule has 0 radical (unpaired) electrons. The summed E-state index contributed by atoms with van der Waals surface area (Å²) in [5.74, 6) is 1.92. The van der Waals surface area contributed by atoms with Crippen molar-refractivity contribution < 1.29 is 0 Å². The van der Waals surface area contributed by atoms with Crippen molar-refractivity contribution in [2.24, 2.45) is 11.8 Å². The van der Waals surface area contributed by atoms with Crippen LogP contribution in [0.1, 0.15) is 31.2 Å². The Kier molecular flexibility index (Phi) is 4.52. The Labute approximate surface area is 117 Å². The lowest BCUT2D eigenvalue weighted by Crippen LogP contribution is -2.41. The molecule has 0 bridgehead atoms. The fourth-order valence-corrected chi connectivity index (χ4v) is 3.78. The van der Waals surface area contributed by atoms with Gasteiger partial charge in [0, 0.05) is 13.1 Å². The summed E-state index contributed by atoms with van der Waals surface area (Å²) in [4.78, 5) is 2.67. The minimum Gasteiger partial charge on any atom is -0.317 e. The summed E-state index contributed by atoms with van der Waals surface area (Å²) in [6.45, 7) is 6.22. The van der Waals surface area contributed by atoms with Crippen molar-refractivity contribution in [3.8, 4) is 0 Å². The van der Waals surface area contributed by atoms with E-state index in [-0.39, 0.29) is 0 Å². The van der Waals surface area contributed by atoms with Gasteiger partial charge < -0.3 is 5.32 Å². The van der Waals surface area contributed by atoms with Crippen LogP contribution in [0.4, 0.5) is 0 Å². The normalized spacial score (nSPS) is 26.4. The highest BCUT2D eigenvalue weighted by molar-refractivity contribution is 5.14. The average Bonchev–Trinajstić information content (AvgIpc) is 2.49. The summed E-state index contributed by atoms with van der Waals surface area (Å²) in [5, 5.41) is 3.49. The lowest BCUT2D eigenvalue weighted by molar-refractivity contribution is 0.113. The minimum absolute atomic E-state index is 0.944. The predicted molar refractivity (Wildman–Crippen MR) is 80.0 cm³/mol. The average molecular weight is 258 g/mol. The Morgan fingerprint density at radius 3 is 2.58 bits per heavy atom. The largest absolute Gasteiger partial charge is 0.317 e. The lowest BCUT2D eigenvalue weighted by atomic mass is 9.80. The molecule has 104 valence electrons. The Bertz CT molecular complexity index is 370. The van der Waals surface area contributed by atoms with Crippen LogP contribution in [0.25, 0.3) is 0 Å². The van der Waals surface area contributed by atoms with Crippen LogP contribution in [-0.2, 0) is 6.54 Å². The third kappa shape index (κ3) is 3.58. The molecule has 2 fully saturated rings. The molecule has 2 aliphatic rings. The summed E-state index contributed by atoms with van der Waals surface area (Å²) in [7, 11) is 0. The highest BCUT2D eigenvalue weighted by Crippen LogP contribution is 2.30. The Morgan fingerprint density at radius 2 is 1.79 bits per heavy atom. The highest BCUT2D eigenvalue weighted by atomic mass is 15.1. The maximum Gasteiger partial charge on any atom is 0.0233 e. The molecular formula is C17H26N2. The molecule has 1 N–H and O–H groups in total. The third-order valence-corrected chi connectivity index (χ3v) is 4.84. The summed E-state index contributed by atoms with van der Waals surface area (Å²) < 4.78 is 0. The molecule has 0 spiro atoms. The molecule has 19 heavy (non-hydrogen) atoms. The molecule has 2 aliphatic heterocycles. The number of hydrogen-bond acceptors (Lipinski definition) is 2. The molecule has 0 amide bonds. The molecule has 2 nitrogen and oxygen atoms in total. The number of nitrogens with zero attached hydrogens (tertiary/aromatic N) is 1. The summed E-state index contributed by atoms with van der Waals surface area (Å²) in [5.41, 5.74) is 1.47. The molecule has 1 atom stereocenters. The minimum atomic E-state index is 0.944. The van der Waals surface area contributed by atoms with E-state index < -0.39 is 0 Å².